The highest BCUT2D eigenvalue weighted by Crippen LogP contribution is 2.25. The minimum absolute atomic E-state index is 0.161. The highest BCUT2D eigenvalue weighted by molar-refractivity contribution is 5.91. The first-order valence-electron chi connectivity index (χ1n) is 12.2. The lowest BCUT2D eigenvalue weighted by molar-refractivity contribution is -0.147. The van der Waals surface area contributed by atoms with Crippen LogP contribution in [0.1, 0.15) is 58.4 Å². The molecule has 2 bridgehead atoms. The number of benzene rings is 1. The van der Waals surface area contributed by atoms with E-state index in [0.717, 1.165) is 48.7 Å². The summed E-state index contributed by atoms with van der Waals surface area (Å²) < 4.78 is 2.24. The van der Waals surface area contributed by atoms with Crippen molar-refractivity contribution in [3.63, 3.8) is 0 Å². The zero-order chi connectivity index (χ0) is 24.0. The normalized spacial score (nSPS) is 19.6. The number of amides is 2. The third kappa shape index (κ3) is 6.36. The number of carboxylic acid groups (broad SMARTS) is 1. The van der Waals surface area contributed by atoms with Gasteiger partial charge >= 0.3 is 5.97 Å². The number of nitrogens with one attached hydrogen (secondary N) is 2. The molecule has 1 aromatic carbocycles. The van der Waals surface area contributed by atoms with Crippen molar-refractivity contribution in [2.75, 3.05) is 6.54 Å². The van der Waals surface area contributed by atoms with Crippen molar-refractivity contribution in [2.24, 2.45) is 17.8 Å². The summed E-state index contributed by atoms with van der Waals surface area (Å²) in [6, 6.07) is 7.39. The number of nitrogens with zero attached hydrogens (tertiary/aromatic N) is 1. The van der Waals surface area contributed by atoms with Crippen molar-refractivity contribution in [2.45, 2.75) is 71.9 Å². The Labute approximate surface area is 195 Å². The van der Waals surface area contributed by atoms with Gasteiger partial charge in [0.15, 0.2) is 0 Å². The number of hydrogen-bond donors (Lipinski definition) is 3. The van der Waals surface area contributed by atoms with Gasteiger partial charge in [0.1, 0.15) is 6.04 Å². The highest BCUT2D eigenvalue weighted by atomic mass is 16.4. The van der Waals surface area contributed by atoms with E-state index in [4.69, 9.17) is 0 Å². The van der Waals surface area contributed by atoms with E-state index in [-0.39, 0.29) is 17.7 Å². The Morgan fingerprint density at radius 2 is 1.88 bits per heavy atom. The monoisotopic (exact) mass is 455 g/mol. The molecule has 2 heterocycles. The lowest BCUT2D eigenvalue weighted by atomic mass is 9.85. The molecule has 2 amide bonds. The third-order valence-corrected chi connectivity index (χ3v) is 6.61. The van der Waals surface area contributed by atoms with Crippen LogP contribution >= 0.6 is 0 Å². The first-order valence-corrected chi connectivity index (χ1v) is 12.2. The van der Waals surface area contributed by atoms with Gasteiger partial charge in [-0.15, -0.1) is 0 Å². The summed E-state index contributed by atoms with van der Waals surface area (Å²) in [5.74, 6) is -2.95. The van der Waals surface area contributed by atoms with Gasteiger partial charge in [0.25, 0.3) is 0 Å². The van der Waals surface area contributed by atoms with Crippen LogP contribution in [0.15, 0.2) is 30.5 Å². The molecule has 1 aromatic heterocycles. The van der Waals surface area contributed by atoms with E-state index >= 15 is 0 Å². The van der Waals surface area contributed by atoms with Crippen molar-refractivity contribution in [1.29, 1.82) is 0 Å². The number of hydrogen-bond acceptors (Lipinski definition) is 3. The van der Waals surface area contributed by atoms with Crippen molar-refractivity contribution in [1.82, 2.24) is 15.2 Å². The molecule has 0 saturated heterocycles. The minimum Gasteiger partial charge on any atom is -0.481 e. The highest BCUT2D eigenvalue weighted by Gasteiger charge is 2.33. The van der Waals surface area contributed by atoms with Crippen molar-refractivity contribution >= 4 is 28.7 Å². The zero-order valence-corrected chi connectivity index (χ0v) is 20.0. The minimum atomic E-state index is -1.00. The number of aromatic nitrogens is 1. The molecule has 180 valence electrons. The number of carbonyl (C=O) groups excluding carboxylic acids is 2. The Morgan fingerprint density at radius 1 is 1.15 bits per heavy atom. The molecule has 7 heteroatoms. The third-order valence-electron chi connectivity index (χ3n) is 6.61. The van der Waals surface area contributed by atoms with E-state index in [1.54, 1.807) is 6.92 Å². The fourth-order valence-corrected chi connectivity index (χ4v) is 4.69. The Hall–Kier alpha value is -2.83. The summed E-state index contributed by atoms with van der Waals surface area (Å²) in [6.45, 7) is 6.99. The molecule has 0 saturated carbocycles. The number of fused-ring (bicyclic) bond motifs is 5. The van der Waals surface area contributed by atoms with Gasteiger partial charge in [0, 0.05) is 36.6 Å². The quantitative estimate of drug-likeness (QED) is 0.618. The summed E-state index contributed by atoms with van der Waals surface area (Å²) in [4.78, 5) is 38.0. The fraction of sp³-hybridized carbons (Fsp3) is 0.577. The maximum Gasteiger partial charge on any atom is 0.307 e. The van der Waals surface area contributed by atoms with E-state index in [1.807, 2.05) is 26.0 Å². The molecule has 0 spiro atoms. The molecule has 2 unspecified atom stereocenters. The van der Waals surface area contributed by atoms with Gasteiger partial charge in [-0.25, -0.2) is 0 Å². The van der Waals surface area contributed by atoms with Gasteiger partial charge in [0.2, 0.25) is 11.8 Å². The predicted octanol–water partition coefficient (Wildman–Crippen LogP) is 3.74. The number of aryl methyl sites for hydroxylation is 1. The van der Waals surface area contributed by atoms with E-state index < -0.39 is 23.8 Å². The molecule has 0 aliphatic carbocycles. The van der Waals surface area contributed by atoms with Crippen molar-refractivity contribution < 1.29 is 19.5 Å². The molecule has 0 radical (unpaired) electrons. The van der Waals surface area contributed by atoms with Crippen LogP contribution in [0, 0.1) is 17.8 Å². The predicted molar refractivity (Wildman–Crippen MR) is 129 cm³/mol. The summed E-state index contributed by atoms with van der Waals surface area (Å²) >= 11 is 0. The van der Waals surface area contributed by atoms with Crippen LogP contribution in [0.5, 0.6) is 0 Å². The maximum atomic E-state index is 13.2. The average molecular weight is 456 g/mol. The standard InChI is InChI=1S/C26H37N3O4/c1-17(2)14-21(18(3)26(32)33)24(30)28-22-15-19-16-29(23-11-7-6-10-20(19)23)13-9-5-4-8-12-27-25(22)31/h6-7,10-11,16-18,21-22H,4-5,8-9,12-15H2,1-3H3,(H,27,31)(H,28,30)(H,32,33)/t18?,21-,22?/m1/s1. The Kier molecular flexibility index (Phi) is 8.53. The molecule has 33 heavy (non-hydrogen) atoms. The maximum absolute atomic E-state index is 13.2. The first-order chi connectivity index (χ1) is 15.8. The van der Waals surface area contributed by atoms with Gasteiger partial charge in [0.05, 0.1) is 11.8 Å². The second-order valence-corrected chi connectivity index (χ2v) is 9.70. The average Bonchev–Trinajstić information content (AvgIpc) is 3.13. The lowest BCUT2D eigenvalue weighted by Crippen LogP contribution is -2.51. The smallest absolute Gasteiger partial charge is 0.307 e. The fourth-order valence-electron chi connectivity index (χ4n) is 4.69. The van der Waals surface area contributed by atoms with Crippen LogP contribution in [0.25, 0.3) is 10.9 Å². The van der Waals surface area contributed by atoms with Crippen LogP contribution in [0.4, 0.5) is 0 Å². The number of aliphatic carboxylic acids is 1. The van der Waals surface area contributed by atoms with Gasteiger partial charge < -0.3 is 20.3 Å². The van der Waals surface area contributed by atoms with Crippen molar-refractivity contribution in [3.05, 3.63) is 36.0 Å². The first kappa shape index (κ1) is 24.8. The summed E-state index contributed by atoms with van der Waals surface area (Å²) in [5.41, 5.74) is 2.14. The second-order valence-electron chi connectivity index (χ2n) is 9.70. The van der Waals surface area contributed by atoms with Gasteiger partial charge in [-0.1, -0.05) is 51.8 Å². The van der Waals surface area contributed by atoms with Crippen LogP contribution in [-0.4, -0.2) is 40.0 Å². The Bertz CT molecular complexity index is 981. The Morgan fingerprint density at radius 3 is 2.61 bits per heavy atom. The van der Waals surface area contributed by atoms with Gasteiger partial charge in [-0.3, -0.25) is 14.4 Å². The molecule has 7 nitrogen and oxygen atoms in total. The van der Waals surface area contributed by atoms with E-state index in [2.05, 4.69) is 33.5 Å². The summed E-state index contributed by atoms with van der Waals surface area (Å²) in [5, 5.41) is 16.5. The molecule has 3 rings (SSSR count). The molecule has 0 fully saturated rings. The number of para-hydroxylation sites is 1. The molecule has 2 aromatic rings. The molecule has 1 aliphatic rings. The molecule has 3 N–H and O–H groups in total. The largest absolute Gasteiger partial charge is 0.481 e. The van der Waals surface area contributed by atoms with Crippen LogP contribution in [-0.2, 0) is 27.3 Å². The molecular weight excluding hydrogens is 418 g/mol. The van der Waals surface area contributed by atoms with E-state index in [0.29, 0.717) is 19.4 Å². The van der Waals surface area contributed by atoms with E-state index in [9.17, 15) is 19.5 Å². The van der Waals surface area contributed by atoms with Crippen molar-refractivity contribution in [3.8, 4) is 0 Å². The molecular formula is C26H37N3O4. The number of carbonyl (C=O) groups is 3. The van der Waals surface area contributed by atoms with Gasteiger partial charge in [-0.2, -0.15) is 0 Å². The van der Waals surface area contributed by atoms with Crippen LogP contribution in [0.2, 0.25) is 0 Å². The van der Waals surface area contributed by atoms with Crippen LogP contribution < -0.4 is 10.6 Å². The Balaban J connectivity index is 1.91. The lowest BCUT2D eigenvalue weighted by Gasteiger charge is -2.25. The SMILES string of the molecule is CC(C)C[C@@H](C(=O)NC1Cc2cn(c3ccccc23)CCCCCCNC1=O)C(C)C(=O)O. The zero-order valence-electron chi connectivity index (χ0n) is 20.0. The van der Waals surface area contributed by atoms with E-state index in [1.165, 1.54) is 0 Å². The topological polar surface area (TPSA) is 100 Å². The van der Waals surface area contributed by atoms with Gasteiger partial charge in [-0.05, 0) is 36.8 Å². The second kappa shape index (κ2) is 11.3. The summed E-state index contributed by atoms with van der Waals surface area (Å²) in [7, 11) is 0. The molecule has 3 atom stereocenters. The number of carboxylic acids is 1. The number of rotatable bonds is 6. The van der Waals surface area contributed by atoms with Crippen LogP contribution in [0.3, 0.4) is 0 Å². The molecule has 1 aliphatic heterocycles. The summed E-state index contributed by atoms with van der Waals surface area (Å²) in [6.07, 6.45) is 7.03.